The van der Waals surface area contributed by atoms with E-state index >= 15 is 0 Å². The van der Waals surface area contributed by atoms with Gasteiger partial charge in [0.25, 0.3) is 5.91 Å². The van der Waals surface area contributed by atoms with Crippen molar-refractivity contribution in [3.63, 3.8) is 0 Å². The van der Waals surface area contributed by atoms with Crippen LogP contribution >= 0.6 is 11.3 Å². The van der Waals surface area contributed by atoms with Crippen molar-refractivity contribution < 1.29 is 14.0 Å². The van der Waals surface area contributed by atoms with Crippen molar-refractivity contribution in [2.75, 3.05) is 38.0 Å². The number of carbonyl (C=O) groups excluding carboxylic acids is 2. The van der Waals surface area contributed by atoms with Crippen LogP contribution in [0.25, 0.3) is 10.6 Å². The van der Waals surface area contributed by atoms with Gasteiger partial charge >= 0.3 is 0 Å². The molecule has 0 unspecified atom stereocenters. The zero-order chi connectivity index (χ0) is 20.9. The number of rotatable bonds is 5. The van der Waals surface area contributed by atoms with E-state index in [0.717, 1.165) is 10.6 Å². The number of piperazine rings is 1. The third-order valence-corrected chi connectivity index (χ3v) is 5.71. The fourth-order valence-electron chi connectivity index (χ4n) is 3.25. The first-order valence-corrected chi connectivity index (χ1v) is 10.4. The molecule has 9 heteroatoms. The van der Waals surface area contributed by atoms with Crippen LogP contribution in [0.3, 0.4) is 0 Å². The molecule has 1 N–H and O–H groups in total. The summed E-state index contributed by atoms with van der Waals surface area (Å²) in [5.74, 6) is -1.02. The fourth-order valence-corrected chi connectivity index (χ4v) is 4.01. The van der Waals surface area contributed by atoms with Crippen molar-refractivity contribution in [1.82, 2.24) is 20.0 Å². The zero-order valence-corrected chi connectivity index (χ0v) is 16.9. The lowest BCUT2D eigenvalue weighted by molar-refractivity contribution is -0.117. The predicted octanol–water partition coefficient (Wildman–Crippen LogP) is 2.74. The first-order valence-electron chi connectivity index (χ1n) is 9.55. The summed E-state index contributed by atoms with van der Waals surface area (Å²) >= 11 is 1.32. The van der Waals surface area contributed by atoms with E-state index in [0.29, 0.717) is 31.3 Å². The van der Waals surface area contributed by atoms with E-state index in [1.807, 2.05) is 35.2 Å². The first-order chi connectivity index (χ1) is 14.6. The minimum atomic E-state index is -0.517. The number of benzene rings is 2. The lowest BCUT2D eigenvalue weighted by Crippen LogP contribution is -2.50. The van der Waals surface area contributed by atoms with Gasteiger partial charge < -0.3 is 4.90 Å². The van der Waals surface area contributed by atoms with Crippen LogP contribution in [0.1, 0.15) is 10.4 Å². The number of hydrogen-bond acceptors (Lipinski definition) is 6. The van der Waals surface area contributed by atoms with E-state index in [-0.39, 0.29) is 23.9 Å². The van der Waals surface area contributed by atoms with Crippen LogP contribution in [-0.2, 0) is 4.79 Å². The number of carbonyl (C=O) groups is 2. The summed E-state index contributed by atoms with van der Waals surface area (Å²) in [5, 5.41) is 12.1. The van der Waals surface area contributed by atoms with Crippen LogP contribution in [-0.4, -0.2) is 64.5 Å². The monoisotopic (exact) mass is 425 g/mol. The van der Waals surface area contributed by atoms with Gasteiger partial charge in [-0.3, -0.25) is 19.8 Å². The molecular formula is C21H20FN5O2S. The van der Waals surface area contributed by atoms with Crippen LogP contribution in [0.2, 0.25) is 0 Å². The van der Waals surface area contributed by atoms with Gasteiger partial charge in [-0.2, -0.15) is 0 Å². The lowest BCUT2D eigenvalue weighted by Gasteiger charge is -2.34. The predicted molar refractivity (Wildman–Crippen MR) is 113 cm³/mol. The van der Waals surface area contributed by atoms with Crippen LogP contribution in [0.15, 0.2) is 54.6 Å². The Hall–Kier alpha value is -3.17. The Morgan fingerprint density at radius 3 is 2.40 bits per heavy atom. The van der Waals surface area contributed by atoms with Crippen molar-refractivity contribution in [2.24, 2.45) is 0 Å². The highest BCUT2D eigenvalue weighted by atomic mass is 32.1. The van der Waals surface area contributed by atoms with E-state index in [1.54, 1.807) is 17.0 Å². The Morgan fingerprint density at radius 2 is 1.67 bits per heavy atom. The molecule has 0 radical (unpaired) electrons. The fraction of sp³-hybridized carbons (Fsp3) is 0.238. The molecule has 30 heavy (non-hydrogen) atoms. The summed E-state index contributed by atoms with van der Waals surface area (Å²) < 4.78 is 13.8. The Bertz CT molecular complexity index is 1030. The van der Waals surface area contributed by atoms with Crippen LogP contribution in [0.4, 0.5) is 9.52 Å². The highest BCUT2D eigenvalue weighted by Crippen LogP contribution is 2.25. The van der Waals surface area contributed by atoms with Crippen molar-refractivity contribution in [3.05, 3.63) is 66.0 Å². The second kappa shape index (κ2) is 9.10. The van der Waals surface area contributed by atoms with Gasteiger partial charge in [0.15, 0.2) is 0 Å². The van der Waals surface area contributed by atoms with E-state index in [2.05, 4.69) is 15.5 Å². The van der Waals surface area contributed by atoms with E-state index in [9.17, 15) is 14.0 Å². The normalized spacial score (nSPS) is 14.5. The standard InChI is InChI=1S/C21H20FN5O2S/c22-17-9-5-4-8-16(17)20(29)27-12-10-26(11-13-27)14-18(28)23-21-25-24-19(30-21)15-6-2-1-3-7-15/h1-9H,10-14H2,(H,23,25,28). The van der Waals surface area contributed by atoms with Gasteiger partial charge in [0.2, 0.25) is 11.0 Å². The molecule has 2 aromatic carbocycles. The Kier molecular flexibility index (Phi) is 6.10. The molecule has 1 aromatic heterocycles. The molecule has 1 fully saturated rings. The van der Waals surface area contributed by atoms with Gasteiger partial charge in [0.1, 0.15) is 10.8 Å². The van der Waals surface area contributed by atoms with Crippen molar-refractivity contribution in [2.45, 2.75) is 0 Å². The first kappa shape index (κ1) is 20.1. The van der Waals surface area contributed by atoms with Crippen molar-refractivity contribution >= 4 is 28.3 Å². The number of amides is 2. The number of hydrogen-bond donors (Lipinski definition) is 1. The summed E-state index contributed by atoms with van der Waals surface area (Å²) in [6.07, 6.45) is 0. The molecule has 2 amide bonds. The van der Waals surface area contributed by atoms with E-state index in [4.69, 9.17) is 0 Å². The molecule has 0 bridgehead atoms. The second-order valence-corrected chi connectivity index (χ2v) is 7.85. The summed E-state index contributed by atoms with van der Waals surface area (Å²) in [7, 11) is 0. The van der Waals surface area contributed by atoms with Gasteiger partial charge in [-0.15, -0.1) is 10.2 Å². The molecule has 0 atom stereocenters. The Balaban J connectivity index is 1.27. The SMILES string of the molecule is O=C(CN1CCN(C(=O)c2ccccc2F)CC1)Nc1nnc(-c2ccccc2)s1. The van der Waals surface area contributed by atoms with E-state index < -0.39 is 5.82 Å². The molecule has 4 rings (SSSR count). The zero-order valence-electron chi connectivity index (χ0n) is 16.1. The minimum absolute atomic E-state index is 0.0779. The molecule has 0 aliphatic carbocycles. The molecule has 0 spiro atoms. The number of halogens is 1. The van der Waals surface area contributed by atoms with Crippen LogP contribution < -0.4 is 5.32 Å². The number of nitrogens with one attached hydrogen (secondary N) is 1. The van der Waals surface area contributed by atoms with Gasteiger partial charge in [-0.25, -0.2) is 4.39 Å². The maximum absolute atomic E-state index is 13.8. The topological polar surface area (TPSA) is 78.4 Å². The van der Waals surface area contributed by atoms with Crippen molar-refractivity contribution in [3.8, 4) is 10.6 Å². The summed E-state index contributed by atoms with van der Waals surface area (Å²) in [6.45, 7) is 2.16. The Labute approximate surface area is 177 Å². The molecule has 7 nitrogen and oxygen atoms in total. The van der Waals surface area contributed by atoms with Gasteiger partial charge in [-0.1, -0.05) is 53.8 Å². The van der Waals surface area contributed by atoms with Gasteiger partial charge in [0.05, 0.1) is 12.1 Å². The molecular weight excluding hydrogens is 405 g/mol. The molecule has 0 saturated carbocycles. The molecule has 1 aliphatic heterocycles. The smallest absolute Gasteiger partial charge is 0.256 e. The molecule has 154 valence electrons. The van der Waals surface area contributed by atoms with Crippen LogP contribution in [0.5, 0.6) is 0 Å². The maximum atomic E-state index is 13.8. The number of anilines is 1. The lowest BCUT2D eigenvalue weighted by atomic mass is 10.1. The van der Waals surface area contributed by atoms with Gasteiger partial charge in [-0.05, 0) is 12.1 Å². The number of nitrogens with zero attached hydrogens (tertiary/aromatic N) is 4. The average Bonchev–Trinajstić information content (AvgIpc) is 3.23. The second-order valence-electron chi connectivity index (χ2n) is 6.87. The molecule has 2 heterocycles. The Morgan fingerprint density at radius 1 is 0.967 bits per heavy atom. The van der Waals surface area contributed by atoms with Crippen molar-refractivity contribution in [1.29, 1.82) is 0 Å². The highest BCUT2D eigenvalue weighted by molar-refractivity contribution is 7.18. The van der Waals surface area contributed by atoms with Crippen LogP contribution in [0, 0.1) is 5.82 Å². The maximum Gasteiger partial charge on any atom is 0.256 e. The molecule has 1 saturated heterocycles. The molecule has 1 aliphatic rings. The highest BCUT2D eigenvalue weighted by Gasteiger charge is 2.25. The summed E-state index contributed by atoms with van der Waals surface area (Å²) in [5.41, 5.74) is 1.03. The average molecular weight is 425 g/mol. The largest absolute Gasteiger partial charge is 0.336 e. The third-order valence-electron chi connectivity index (χ3n) is 4.82. The molecule has 3 aromatic rings. The summed E-state index contributed by atoms with van der Waals surface area (Å²) in [4.78, 5) is 28.4. The number of aromatic nitrogens is 2. The van der Waals surface area contributed by atoms with Gasteiger partial charge in [0, 0.05) is 31.7 Å². The minimum Gasteiger partial charge on any atom is -0.336 e. The summed E-state index contributed by atoms with van der Waals surface area (Å²) in [6, 6.07) is 15.6. The van der Waals surface area contributed by atoms with E-state index in [1.165, 1.54) is 23.5 Å². The quantitative estimate of drug-likeness (QED) is 0.680. The third kappa shape index (κ3) is 4.69.